The number of benzene rings is 1. The molecule has 0 saturated heterocycles. The molecule has 3 aromatic rings. The average molecular weight is 532 g/mol. The molecule has 0 radical (unpaired) electrons. The lowest BCUT2D eigenvalue weighted by atomic mass is 9.85. The zero-order valence-corrected chi connectivity index (χ0v) is 21.8. The molecule has 0 unspecified atom stereocenters. The molecule has 3 aliphatic carbocycles. The molecule has 204 valence electrons. The number of carbonyl (C=O) groups excluding carboxylic acids is 2. The van der Waals surface area contributed by atoms with Gasteiger partial charge in [-0.25, -0.2) is 9.97 Å². The van der Waals surface area contributed by atoms with Crippen LogP contribution in [0.15, 0.2) is 24.7 Å². The highest BCUT2D eigenvalue weighted by Crippen LogP contribution is 2.48. The number of rotatable bonds is 8. The third-order valence-electron chi connectivity index (χ3n) is 8.50. The van der Waals surface area contributed by atoms with E-state index in [4.69, 9.17) is 14.2 Å². The van der Waals surface area contributed by atoms with Gasteiger partial charge in [0.1, 0.15) is 23.3 Å². The second-order valence-corrected chi connectivity index (χ2v) is 11.2. The molecule has 3 N–H and O–H groups in total. The van der Waals surface area contributed by atoms with Crippen molar-refractivity contribution < 1.29 is 23.8 Å². The molecule has 1 aliphatic heterocycles. The van der Waals surface area contributed by atoms with Crippen LogP contribution in [0.2, 0.25) is 0 Å². The van der Waals surface area contributed by atoms with E-state index in [1.54, 1.807) is 6.20 Å². The highest BCUT2D eigenvalue weighted by Gasteiger charge is 2.32. The number of hydrogen-bond acceptors (Lipinski definition) is 7. The van der Waals surface area contributed by atoms with E-state index in [1.165, 1.54) is 25.6 Å². The lowest BCUT2D eigenvalue weighted by Gasteiger charge is -2.28. The molecule has 1 aromatic carbocycles. The van der Waals surface area contributed by atoms with Crippen LogP contribution in [0.25, 0.3) is 22.3 Å². The molecule has 3 saturated carbocycles. The van der Waals surface area contributed by atoms with Crippen LogP contribution in [0.4, 0.5) is 0 Å². The van der Waals surface area contributed by atoms with Crippen LogP contribution in [0.5, 0.6) is 17.2 Å². The maximum atomic E-state index is 13.3. The van der Waals surface area contributed by atoms with E-state index < -0.39 is 0 Å². The first kappa shape index (κ1) is 24.2. The summed E-state index contributed by atoms with van der Waals surface area (Å²) in [6.45, 7) is 0.773. The van der Waals surface area contributed by atoms with Crippen molar-refractivity contribution in [2.75, 3.05) is 13.4 Å². The minimum absolute atomic E-state index is 0.0307. The van der Waals surface area contributed by atoms with Crippen molar-refractivity contribution >= 4 is 22.8 Å². The van der Waals surface area contributed by atoms with Crippen molar-refractivity contribution in [2.45, 2.75) is 69.9 Å². The molecule has 3 heterocycles. The molecule has 3 fully saturated rings. The zero-order valence-electron chi connectivity index (χ0n) is 21.8. The molecule has 10 heteroatoms. The van der Waals surface area contributed by atoms with Crippen LogP contribution in [0, 0.1) is 11.8 Å². The summed E-state index contributed by atoms with van der Waals surface area (Å²) in [5.41, 5.74) is 2.95. The Morgan fingerprint density at radius 2 is 1.77 bits per heavy atom. The maximum Gasteiger partial charge on any atom is 0.255 e. The van der Waals surface area contributed by atoms with E-state index in [1.807, 2.05) is 12.1 Å². The molecule has 0 spiro atoms. The van der Waals surface area contributed by atoms with Gasteiger partial charge in [0.2, 0.25) is 12.7 Å². The van der Waals surface area contributed by atoms with Crippen LogP contribution in [0.1, 0.15) is 68.1 Å². The number of amides is 2. The lowest BCUT2D eigenvalue weighted by molar-refractivity contribution is -0.126. The first-order valence-electron chi connectivity index (χ1n) is 14.1. The number of fused-ring (bicyclic) bond motifs is 2. The third-order valence-corrected chi connectivity index (χ3v) is 8.50. The smallest absolute Gasteiger partial charge is 0.255 e. The summed E-state index contributed by atoms with van der Waals surface area (Å²) in [6, 6.07) is 4.17. The SMILES string of the molecule is O=C(N[C@H]1CC[C@H](C(=O)NC2CC2)CC1)c1c[nH]c2c(-c3c(OCC4CCC4)ccc4c3OCO4)ncnc12. The fourth-order valence-electron chi connectivity index (χ4n) is 5.78. The van der Waals surface area contributed by atoms with E-state index in [2.05, 4.69) is 25.6 Å². The Labute approximate surface area is 226 Å². The molecule has 0 atom stereocenters. The average Bonchev–Trinajstić information content (AvgIpc) is 3.42. The molecular formula is C29H33N5O5. The van der Waals surface area contributed by atoms with Gasteiger partial charge in [-0.2, -0.15) is 0 Å². The van der Waals surface area contributed by atoms with Gasteiger partial charge in [-0.3, -0.25) is 9.59 Å². The third kappa shape index (κ3) is 4.77. The highest BCUT2D eigenvalue weighted by molar-refractivity contribution is 6.08. The topological polar surface area (TPSA) is 127 Å². The van der Waals surface area contributed by atoms with Gasteiger partial charge in [0.15, 0.2) is 11.5 Å². The van der Waals surface area contributed by atoms with Crippen LogP contribution in [-0.4, -0.2) is 52.2 Å². The Bertz CT molecular complexity index is 1400. The fraction of sp³-hybridized carbons (Fsp3) is 0.517. The van der Waals surface area contributed by atoms with Gasteiger partial charge in [-0.15, -0.1) is 0 Å². The summed E-state index contributed by atoms with van der Waals surface area (Å²) in [7, 11) is 0. The number of nitrogens with one attached hydrogen (secondary N) is 3. The van der Waals surface area contributed by atoms with Gasteiger partial charge < -0.3 is 29.8 Å². The number of aromatic nitrogens is 3. The van der Waals surface area contributed by atoms with Crippen LogP contribution in [0.3, 0.4) is 0 Å². The molecule has 10 nitrogen and oxygen atoms in total. The van der Waals surface area contributed by atoms with Crippen LogP contribution < -0.4 is 24.8 Å². The summed E-state index contributed by atoms with van der Waals surface area (Å²) in [4.78, 5) is 38.0. The summed E-state index contributed by atoms with van der Waals surface area (Å²) in [5, 5.41) is 6.27. The van der Waals surface area contributed by atoms with Gasteiger partial charge in [-0.05, 0) is 69.4 Å². The molecular weight excluding hydrogens is 498 g/mol. The van der Waals surface area contributed by atoms with Crippen LogP contribution in [-0.2, 0) is 4.79 Å². The molecule has 2 amide bonds. The van der Waals surface area contributed by atoms with Crippen LogP contribution >= 0.6 is 0 Å². The van der Waals surface area contributed by atoms with E-state index in [9.17, 15) is 9.59 Å². The number of hydrogen-bond donors (Lipinski definition) is 3. The molecule has 0 bridgehead atoms. The monoisotopic (exact) mass is 531 g/mol. The van der Waals surface area contributed by atoms with Crippen molar-refractivity contribution in [1.82, 2.24) is 25.6 Å². The van der Waals surface area contributed by atoms with Crippen molar-refractivity contribution in [1.29, 1.82) is 0 Å². The lowest BCUT2D eigenvalue weighted by Crippen LogP contribution is -2.41. The Morgan fingerprint density at radius 3 is 2.54 bits per heavy atom. The Hall–Kier alpha value is -3.82. The minimum atomic E-state index is -0.184. The van der Waals surface area contributed by atoms with Crippen molar-refractivity contribution in [3.63, 3.8) is 0 Å². The van der Waals surface area contributed by atoms with E-state index in [0.717, 1.165) is 38.5 Å². The number of aromatic amines is 1. The second-order valence-electron chi connectivity index (χ2n) is 11.2. The highest BCUT2D eigenvalue weighted by atomic mass is 16.7. The van der Waals surface area contributed by atoms with Gasteiger partial charge >= 0.3 is 0 Å². The Balaban J connectivity index is 1.11. The summed E-state index contributed by atoms with van der Waals surface area (Å²) in [6.07, 6.45) is 12.1. The van der Waals surface area contributed by atoms with E-state index in [-0.39, 0.29) is 30.6 Å². The number of carbonyl (C=O) groups is 2. The molecule has 39 heavy (non-hydrogen) atoms. The van der Waals surface area contributed by atoms with Crippen molar-refractivity contribution in [3.8, 4) is 28.5 Å². The first-order chi connectivity index (χ1) is 19.1. The molecule has 4 aliphatic rings. The summed E-state index contributed by atoms with van der Waals surface area (Å²) >= 11 is 0. The number of nitrogens with zero attached hydrogens (tertiary/aromatic N) is 2. The molecule has 2 aromatic heterocycles. The normalized spacial score (nSPS) is 22.4. The Morgan fingerprint density at radius 1 is 0.974 bits per heavy atom. The zero-order chi connectivity index (χ0) is 26.3. The van der Waals surface area contributed by atoms with Gasteiger partial charge in [0.25, 0.3) is 5.91 Å². The maximum absolute atomic E-state index is 13.3. The van der Waals surface area contributed by atoms with Gasteiger partial charge in [0, 0.05) is 24.2 Å². The van der Waals surface area contributed by atoms with Crippen molar-refractivity contribution in [3.05, 3.63) is 30.2 Å². The van der Waals surface area contributed by atoms with E-state index in [0.29, 0.717) is 63.7 Å². The minimum Gasteiger partial charge on any atom is -0.492 e. The Kier molecular flexibility index (Phi) is 6.25. The number of ether oxygens (including phenoxy) is 3. The molecule has 7 rings (SSSR count). The quantitative estimate of drug-likeness (QED) is 0.399. The predicted octanol–water partition coefficient (Wildman–Crippen LogP) is 4.10. The summed E-state index contributed by atoms with van der Waals surface area (Å²) < 4.78 is 17.7. The van der Waals surface area contributed by atoms with Gasteiger partial charge in [-0.1, -0.05) is 6.42 Å². The summed E-state index contributed by atoms with van der Waals surface area (Å²) in [5.74, 6) is 2.49. The largest absolute Gasteiger partial charge is 0.492 e. The second kappa shape index (κ2) is 10.1. The van der Waals surface area contributed by atoms with E-state index >= 15 is 0 Å². The predicted molar refractivity (Wildman–Crippen MR) is 143 cm³/mol. The standard InChI is InChI=1S/C29H33N5O5/c35-28(33-19-8-9-19)17-4-6-18(7-5-17)34-29(36)20-12-30-26-24(20)31-14-32-25(26)23-21(37-13-16-2-1-3-16)10-11-22-27(23)39-15-38-22/h10-12,14,16-19,30H,1-9,13,15H2,(H,33,35)(H,34,36)/t17-,18-. The van der Waals surface area contributed by atoms with Crippen molar-refractivity contribution in [2.24, 2.45) is 11.8 Å². The first-order valence-corrected chi connectivity index (χ1v) is 14.1. The fourth-order valence-corrected chi connectivity index (χ4v) is 5.78. The number of H-pyrrole nitrogens is 1. The van der Waals surface area contributed by atoms with Gasteiger partial charge in [0.05, 0.1) is 23.3 Å².